The van der Waals surface area contributed by atoms with Crippen LogP contribution in [0.25, 0.3) is 33.2 Å². The lowest BCUT2D eigenvalue weighted by atomic mass is 10.1. The van der Waals surface area contributed by atoms with Crippen LogP contribution in [0, 0.1) is 0 Å². The molecule has 3 heterocycles. The summed E-state index contributed by atoms with van der Waals surface area (Å²) in [7, 11) is 0. The number of rotatable bonds is 4. The first-order chi connectivity index (χ1) is 14.2. The van der Waals surface area contributed by atoms with E-state index in [0.29, 0.717) is 10.8 Å². The Morgan fingerprint density at radius 2 is 1.93 bits per heavy atom. The highest BCUT2D eigenvalue weighted by atomic mass is 35.5. The number of pyridine rings is 1. The van der Waals surface area contributed by atoms with Gasteiger partial charge in [0.1, 0.15) is 10.8 Å². The van der Waals surface area contributed by atoms with Crippen LogP contribution >= 0.6 is 11.6 Å². The Labute approximate surface area is 170 Å². The first-order valence-corrected chi connectivity index (χ1v) is 9.50. The molecule has 0 fully saturated rings. The normalized spacial score (nSPS) is 11.2. The number of H-pyrrole nitrogens is 2. The van der Waals surface area contributed by atoms with Crippen LogP contribution in [-0.2, 0) is 11.2 Å². The van der Waals surface area contributed by atoms with Gasteiger partial charge in [0.15, 0.2) is 0 Å². The summed E-state index contributed by atoms with van der Waals surface area (Å²) in [5.41, 5.74) is 5.36. The van der Waals surface area contributed by atoms with Gasteiger partial charge >= 0.3 is 0 Å². The maximum absolute atomic E-state index is 12.3. The Morgan fingerprint density at radius 3 is 2.79 bits per heavy atom. The minimum absolute atomic E-state index is 0.109. The predicted octanol–water partition coefficient (Wildman–Crippen LogP) is 4.94. The van der Waals surface area contributed by atoms with Crippen molar-refractivity contribution in [2.24, 2.45) is 0 Å². The van der Waals surface area contributed by atoms with Crippen molar-refractivity contribution in [2.75, 3.05) is 5.32 Å². The summed E-state index contributed by atoms with van der Waals surface area (Å²) in [6.07, 6.45) is 1.81. The molecule has 0 aliphatic carbocycles. The van der Waals surface area contributed by atoms with Gasteiger partial charge < -0.3 is 10.3 Å². The van der Waals surface area contributed by atoms with Gasteiger partial charge in [0.05, 0.1) is 29.5 Å². The number of anilines is 1. The Bertz CT molecular complexity index is 1340. The molecule has 5 aromatic rings. The summed E-state index contributed by atoms with van der Waals surface area (Å²) in [5, 5.41) is 12.8. The summed E-state index contributed by atoms with van der Waals surface area (Å²) in [5.74, 6) is -0.109. The quantitative estimate of drug-likeness (QED) is 0.373. The van der Waals surface area contributed by atoms with Gasteiger partial charge in [-0.25, -0.2) is 4.98 Å². The highest BCUT2D eigenvalue weighted by Crippen LogP contribution is 2.29. The van der Waals surface area contributed by atoms with Gasteiger partial charge in [0.2, 0.25) is 5.91 Å². The van der Waals surface area contributed by atoms with Gasteiger partial charge in [-0.05, 0) is 42.0 Å². The van der Waals surface area contributed by atoms with Crippen molar-refractivity contribution in [3.63, 3.8) is 0 Å². The van der Waals surface area contributed by atoms with Crippen LogP contribution in [0.4, 0.5) is 5.69 Å². The van der Waals surface area contributed by atoms with Crippen molar-refractivity contribution < 1.29 is 4.79 Å². The molecule has 3 N–H and O–H groups in total. The Kier molecular flexibility index (Phi) is 4.26. The van der Waals surface area contributed by atoms with E-state index in [1.807, 2.05) is 42.5 Å². The van der Waals surface area contributed by atoms with Gasteiger partial charge in [-0.2, -0.15) is 5.10 Å². The molecule has 2 aromatic carbocycles. The van der Waals surface area contributed by atoms with Gasteiger partial charge in [0, 0.05) is 16.3 Å². The lowest BCUT2D eigenvalue weighted by Gasteiger charge is -2.05. The number of para-hydroxylation sites is 1. The molecule has 0 saturated heterocycles. The molecule has 142 valence electrons. The highest BCUT2D eigenvalue weighted by molar-refractivity contribution is 6.29. The molecule has 3 aromatic heterocycles. The fourth-order valence-corrected chi connectivity index (χ4v) is 3.54. The SMILES string of the molecule is O=C(Cc1ccc2[nH]c(-c3n[nH]c4ccccc34)cc2c1)Nc1ccc(Cl)nc1. The van der Waals surface area contributed by atoms with Crippen molar-refractivity contribution in [2.45, 2.75) is 6.42 Å². The van der Waals surface area contributed by atoms with Crippen LogP contribution in [0.1, 0.15) is 5.56 Å². The lowest BCUT2D eigenvalue weighted by Crippen LogP contribution is -2.14. The number of aromatic amines is 2. The molecular formula is C22H16ClN5O. The number of benzene rings is 2. The number of nitrogens with one attached hydrogen (secondary N) is 3. The maximum Gasteiger partial charge on any atom is 0.228 e. The van der Waals surface area contributed by atoms with Crippen LogP contribution in [-0.4, -0.2) is 26.1 Å². The third kappa shape index (κ3) is 3.46. The number of nitrogens with zero attached hydrogens (tertiary/aromatic N) is 2. The van der Waals surface area contributed by atoms with Crippen molar-refractivity contribution in [1.82, 2.24) is 20.2 Å². The van der Waals surface area contributed by atoms with Crippen LogP contribution in [0.15, 0.2) is 66.9 Å². The van der Waals surface area contributed by atoms with Crippen molar-refractivity contribution in [3.05, 3.63) is 77.6 Å². The number of carbonyl (C=O) groups excluding carboxylic acids is 1. The monoisotopic (exact) mass is 401 g/mol. The number of amides is 1. The van der Waals surface area contributed by atoms with Gasteiger partial charge in [-0.3, -0.25) is 9.89 Å². The minimum atomic E-state index is -0.109. The minimum Gasteiger partial charge on any atom is -0.353 e. The van der Waals surface area contributed by atoms with Gasteiger partial charge in [-0.15, -0.1) is 0 Å². The number of hydrogen-bond acceptors (Lipinski definition) is 3. The summed E-state index contributed by atoms with van der Waals surface area (Å²) in [6.45, 7) is 0. The summed E-state index contributed by atoms with van der Waals surface area (Å²) in [6, 6.07) is 19.4. The molecule has 0 spiro atoms. The van der Waals surface area contributed by atoms with E-state index in [2.05, 4.69) is 31.5 Å². The van der Waals surface area contributed by atoms with Crippen LogP contribution in [0.2, 0.25) is 5.15 Å². The van der Waals surface area contributed by atoms with Crippen LogP contribution in [0.5, 0.6) is 0 Å². The predicted molar refractivity (Wildman–Crippen MR) is 115 cm³/mol. The molecule has 1 amide bonds. The molecule has 0 radical (unpaired) electrons. The zero-order valence-electron chi connectivity index (χ0n) is 15.2. The van der Waals surface area contributed by atoms with E-state index in [0.717, 1.165) is 38.8 Å². The largest absolute Gasteiger partial charge is 0.353 e. The smallest absolute Gasteiger partial charge is 0.228 e. The molecule has 0 saturated carbocycles. The van der Waals surface area contributed by atoms with E-state index in [9.17, 15) is 4.79 Å². The zero-order valence-corrected chi connectivity index (χ0v) is 16.0. The van der Waals surface area contributed by atoms with Crippen LogP contribution in [0.3, 0.4) is 0 Å². The molecule has 0 aliphatic heterocycles. The number of aromatic nitrogens is 4. The van der Waals surface area contributed by atoms with E-state index >= 15 is 0 Å². The van der Waals surface area contributed by atoms with Crippen molar-refractivity contribution in [1.29, 1.82) is 0 Å². The lowest BCUT2D eigenvalue weighted by molar-refractivity contribution is -0.115. The third-order valence-corrected chi connectivity index (χ3v) is 5.01. The number of fused-ring (bicyclic) bond motifs is 2. The fraction of sp³-hybridized carbons (Fsp3) is 0.0455. The van der Waals surface area contributed by atoms with Crippen molar-refractivity contribution in [3.8, 4) is 11.4 Å². The average Bonchev–Trinajstić information content (AvgIpc) is 3.33. The first kappa shape index (κ1) is 17.5. The van der Waals surface area contributed by atoms with Crippen LogP contribution < -0.4 is 5.32 Å². The highest BCUT2D eigenvalue weighted by Gasteiger charge is 2.12. The Hall–Kier alpha value is -3.64. The Morgan fingerprint density at radius 1 is 1.03 bits per heavy atom. The van der Waals surface area contributed by atoms with Gasteiger partial charge in [-0.1, -0.05) is 35.9 Å². The molecule has 6 nitrogen and oxygen atoms in total. The molecule has 0 atom stereocenters. The molecule has 0 bridgehead atoms. The molecule has 29 heavy (non-hydrogen) atoms. The standard InChI is InChI=1S/C22H16ClN5O/c23-20-8-6-15(12-24-20)25-21(29)10-13-5-7-17-14(9-13)11-19(26-17)22-16-3-1-2-4-18(16)27-28-22/h1-9,11-12,26H,10H2,(H,25,29)(H,27,28). The summed E-state index contributed by atoms with van der Waals surface area (Å²) < 4.78 is 0. The van der Waals surface area contributed by atoms with E-state index in [1.54, 1.807) is 12.1 Å². The molecule has 7 heteroatoms. The summed E-state index contributed by atoms with van der Waals surface area (Å²) in [4.78, 5) is 19.7. The first-order valence-electron chi connectivity index (χ1n) is 9.12. The van der Waals surface area contributed by atoms with E-state index in [4.69, 9.17) is 11.6 Å². The molecule has 0 unspecified atom stereocenters. The fourth-order valence-electron chi connectivity index (χ4n) is 3.43. The zero-order chi connectivity index (χ0) is 19.8. The summed E-state index contributed by atoms with van der Waals surface area (Å²) >= 11 is 5.77. The van der Waals surface area contributed by atoms with Crippen molar-refractivity contribution >= 4 is 45.0 Å². The second-order valence-electron chi connectivity index (χ2n) is 6.82. The average molecular weight is 402 g/mol. The second-order valence-corrected chi connectivity index (χ2v) is 7.20. The molecule has 5 rings (SSSR count). The molecule has 0 aliphatic rings. The number of hydrogen-bond donors (Lipinski definition) is 3. The van der Waals surface area contributed by atoms with E-state index in [-0.39, 0.29) is 12.3 Å². The third-order valence-electron chi connectivity index (χ3n) is 4.79. The van der Waals surface area contributed by atoms with E-state index in [1.165, 1.54) is 6.20 Å². The van der Waals surface area contributed by atoms with E-state index < -0.39 is 0 Å². The Balaban J connectivity index is 1.39. The molecular weight excluding hydrogens is 386 g/mol. The second kappa shape index (κ2) is 7.07. The van der Waals surface area contributed by atoms with Gasteiger partial charge in [0.25, 0.3) is 0 Å². The number of carbonyl (C=O) groups is 1. The maximum atomic E-state index is 12.3. The number of halogens is 1. The topological polar surface area (TPSA) is 86.5 Å².